The Morgan fingerprint density at radius 2 is 2.05 bits per heavy atom. The number of benzene rings is 1. The fourth-order valence-electron chi connectivity index (χ4n) is 1.31. The van der Waals surface area contributed by atoms with Crippen molar-refractivity contribution < 1.29 is 26.9 Å². The van der Waals surface area contributed by atoms with Gasteiger partial charge in [0, 0.05) is 28.4 Å². The average molecular weight is 308 g/mol. The van der Waals surface area contributed by atoms with Gasteiger partial charge in [-0.15, -0.1) is 0 Å². The lowest BCUT2D eigenvalue weighted by molar-refractivity contribution is 0.0696. The summed E-state index contributed by atoms with van der Waals surface area (Å²) in [7, 11) is -4.79. The topological polar surface area (TPSA) is 88.5 Å². The van der Waals surface area contributed by atoms with E-state index in [1.165, 1.54) is 0 Å². The van der Waals surface area contributed by atoms with Crippen molar-refractivity contribution in [3.63, 3.8) is 0 Å². The molecule has 1 aromatic rings. The number of carboxylic acid groups (broad SMARTS) is 1. The number of carbonyl (C=O) groups is 1. The minimum absolute atomic E-state index is 0.00624. The van der Waals surface area contributed by atoms with Crippen LogP contribution in [-0.4, -0.2) is 41.5 Å². The first-order chi connectivity index (χ1) is 8.69. The van der Waals surface area contributed by atoms with Crippen LogP contribution in [0.3, 0.4) is 0 Å². The monoisotopic (exact) mass is 308 g/mol. The van der Waals surface area contributed by atoms with Gasteiger partial charge in [-0.25, -0.2) is 17.6 Å². The number of hydrogen-bond acceptors (Lipinski definition) is 4. The minimum Gasteiger partial charge on any atom is -0.478 e. The first-order valence-electron chi connectivity index (χ1n) is 5.23. The average Bonchev–Trinajstić information content (AvgIpc) is 2.28. The van der Waals surface area contributed by atoms with Crippen molar-refractivity contribution in [1.29, 1.82) is 0 Å². The molecule has 0 saturated carbocycles. The van der Waals surface area contributed by atoms with Crippen LogP contribution in [0.25, 0.3) is 0 Å². The molecule has 0 saturated heterocycles. The normalized spacial score (nSPS) is 13.2. The molecule has 5 nitrogen and oxygen atoms in total. The maximum atomic E-state index is 13.4. The summed E-state index contributed by atoms with van der Waals surface area (Å²) in [6, 6.07) is 3.21. The highest BCUT2D eigenvalue weighted by Gasteiger charge is 2.12. The predicted octanol–water partition coefficient (Wildman–Crippen LogP) is 0.817. The smallest absolute Gasteiger partial charge is 0.335 e. The highest BCUT2D eigenvalue weighted by Crippen LogP contribution is 2.13. The van der Waals surface area contributed by atoms with Crippen LogP contribution in [0.4, 0.5) is 4.39 Å². The Balaban J connectivity index is 2.79. The van der Waals surface area contributed by atoms with Crippen molar-refractivity contribution in [1.82, 2.24) is 0 Å². The molecule has 1 aromatic carbocycles. The molecular weight excluding hydrogens is 295 g/mol. The van der Waals surface area contributed by atoms with E-state index >= 15 is 0 Å². The molecule has 1 N–H and O–H groups in total. The van der Waals surface area contributed by atoms with Crippen molar-refractivity contribution in [2.45, 2.75) is 5.75 Å². The maximum absolute atomic E-state index is 13.4. The molecule has 0 spiro atoms. The largest absolute Gasteiger partial charge is 0.478 e. The Kier molecular flexibility index (Phi) is 5.19. The molecule has 0 fully saturated rings. The molecule has 0 heterocycles. The third-order valence-corrected chi connectivity index (χ3v) is 4.79. The van der Waals surface area contributed by atoms with E-state index in [9.17, 15) is 21.8 Å². The van der Waals surface area contributed by atoms with Gasteiger partial charge in [-0.05, 0) is 18.2 Å². The van der Waals surface area contributed by atoms with E-state index in [-0.39, 0.29) is 28.4 Å². The van der Waals surface area contributed by atoms with E-state index in [1.807, 2.05) is 0 Å². The molecule has 0 aliphatic heterocycles. The van der Waals surface area contributed by atoms with Gasteiger partial charge in [0.25, 0.3) is 0 Å². The van der Waals surface area contributed by atoms with Gasteiger partial charge in [0.15, 0.2) is 0 Å². The van der Waals surface area contributed by atoms with Crippen LogP contribution in [0.15, 0.2) is 18.2 Å². The zero-order valence-electron chi connectivity index (χ0n) is 10.1. The second kappa shape index (κ2) is 6.25. The van der Waals surface area contributed by atoms with E-state index < -0.39 is 32.4 Å². The number of sulfone groups is 1. The zero-order chi connectivity index (χ0) is 14.6. The van der Waals surface area contributed by atoms with Gasteiger partial charge < -0.3 is 5.11 Å². The van der Waals surface area contributed by atoms with Crippen LogP contribution >= 0.6 is 0 Å². The summed E-state index contributed by atoms with van der Waals surface area (Å²) in [6.45, 7) is 0. The Morgan fingerprint density at radius 3 is 2.58 bits per heavy atom. The molecular formula is C11H13FO5S2. The summed E-state index contributed by atoms with van der Waals surface area (Å²) in [5.41, 5.74) is -0.0942. The molecule has 0 radical (unpaired) electrons. The van der Waals surface area contributed by atoms with Crippen molar-refractivity contribution in [2.75, 3.05) is 17.8 Å². The van der Waals surface area contributed by atoms with Crippen molar-refractivity contribution in [3.05, 3.63) is 35.1 Å². The SMILES string of the molecule is CS(=O)(=O)CCS(=O)Cc1cc(C(=O)O)ccc1F. The molecule has 1 unspecified atom stereocenters. The highest BCUT2D eigenvalue weighted by atomic mass is 32.2. The van der Waals surface area contributed by atoms with Crippen LogP contribution < -0.4 is 0 Å². The summed E-state index contributed by atoms with van der Waals surface area (Å²) in [4.78, 5) is 10.7. The lowest BCUT2D eigenvalue weighted by atomic mass is 10.1. The van der Waals surface area contributed by atoms with Crippen LogP contribution in [-0.2, 0) is 26.4 Å². The van der Waals surface area contributed by atoms with Gasteiger partial charge >= 0.3 is 5.97 Å². The number of rotatable bonds is 6. The Labute approximate surface area is 112 Å². The van der Waals surface area contributed by atoms with Crippen molar-refractivity contribution >= 4 is 26.6 Å². The predicted molar refractivity (Wildman–Crippen MR) is 69.8 cm³/mol. The molecule has 1 rings (SSSR count). The molecule has 0 aromatic heterocycles. The Morgan fingerprint density at radius 1 is 1.42 bits per heavy atom. The second-order valence-corrected chi connectivity index (χ2v) is 7.87. The Bertz CT molecular complexity index is 610. The fourth-order valence-corrected chi connectivity index (χ4v) is 3.98. The maximum Gasteiger partial charge on any atom is 0.335 e. The van der Waals surface area contributed by atoms with Crippen molar-refractivity contribution in [3.8, 4) is 0 Å². The number of halogens is 1. The second-order valence-electron chi connectivity index (χ2n) is 4.03. The molecule has 0 amide bonds. The van der Waals surface area contributed by atoms with E-state index in [0.29, 0.717) is 0 Å². The van der Waals surface area contributed by atoms with Gasteiger partial charge in [0.2, 0.25) is 0 Å². The number of hydrogen-bond donors (Lipinski definition) is 1. The third-order valence-electron chi connectivity index (χ3n) is 2.29. The van der Waals surface area contributed by atoms with E-state index in [0.717, 1.165) is 24.5 Å². The van der Waals surface area contributed by atoms with Crippen LogP contribution in [0.2, 0.25) is 0 Å². The van der Waals surface area contributed by atoms with Gasteiger partial charge in [-0.3, -0.25) is 4.21 Å². The zero-order valence-corrected chi connectivity index (χ0v) is 11.8. The molecule has 106 valence electrons. The van der Waals surface area contributed by atoms with E-state index in [1.54, 1.807) is 0 Å². The molecule has 0 bridgehead atoms. The lowest BCUT2D eigenvalue weighted by Gasteiger charge is -2.05. The quantitative estimate of drug-likeness (QED) is 0.840. The lowest BCUT2D eigenvalue weighted by Crippen LogP contribution is -2.13. The minimum atomic E-state index is -3.22. The summed E-state index contributed by atoms with van der Waals surface area (Å²) < 4.78 is 46.9. The molecule has 19 heavy (non-hydrogen) atoms. The summed E-state index contributed by atoms with van der Waals surface area (Å²) >= 11 is 0. The van der Waals surface area contributed by atoms with E-state index in [4.69, 9.17) is 5.11 Å². The van der Waals surface area contributed by atoms with Gasteiger partial charge in [-0.2, -0.15) is 0 Å². The Hall–Kier alpha value is -1.28. The van der Waals surface area contributed by atoms with Gasteiger partial charge in [0.1, 0.15) is 15.7 Å². The van der Waals surface area contributed by atoms with Crippen LogP contribution in [0.5, 0.6) is 0 Å². The number of carboxylic acids is 1. The molecule has 0 aliphatic carbocycles. The number of aromatic carboxylic acids is 1. The van der Waals surface area contributed by atoms with Crippen molar-refractivity contribution in [2.24, 2.45) is 0 Å². The van der Waals surface area contributed by atoms with Crippen LogP contribution in [0.1, 0.15) is 15.9 Å². The van der Waals surface area contributed by atoms with Gasteiger partial charge in [0.05, 0.1) is 17.1 Å². The first-order valence-corrected chi connectivity index (χ1v) is 8.78. The standard InChI is InChI=1S/C11H13FO5S2/c1-19(16,17)5-4-18(15)7-9-6-8(11(13)14)2-3-10(9)12/h2-3,6H,4-5,7H2,1H3,(H,13,14). The first kappa shape index (κ1) is 15.8. The summed E-state index contributed by atoms with van der Waals surface area (Å²) in [6.07, 6.45) is 1.02. The molecule has 8 heteroatoms. The van der Waals surface area contributed by atoms with E-state index in [2.05, 4.69) is 0 Å². The molecule has 0 aliphatic rings. The third kappa shape index (κ3) is 5.48. The van der Waals surface area contributed by atoms with Crippen LogP contribution in [0, 0.1) is 5.82 Å². The summed E-state index contributed by atoms with van der Waals surface area (Å²) in [5.74, 6) is -2.42. The fraction of sp³-hybridized carbons (Fsp3) is 0.364. The van der Waals surface area contributed by atoms with Gasteiger partial charge in [-0.1, -0.05) is 0 Å². The summed E-state index contributed by atoms with van der Waals surface area (Å²) in [5, 5.41) is 8.77. The highest BCUT2D eigenvalue weighted by molar-refractivity contribution is 7.92. The molecule has 1 atom stereocenters.